The van der Waals surface area contributed by atoms with Crippen LogP contribution in [0.4, 0.5) is 4.79 Å². The number of Topliss-reactive ketones (excluding diaryl/α,β-unsaturated/α-hetero) is 1. The van der Waals surface area contributed by atoms with Crippen molar-refractivity contribution < 1.29 is 24.2 Å². The monoisotopic (exact) mass is 493 g/mol. The van der Waals surface area contributed by atoms with Crippen LogP contribution in [0, 0.1) is 0 Å². The molecule has 1 aromatic heterocycles. The number of hydrogen-bond acceptors (Lipinski definition) is 4. The van der Waals surface area contributed by atoms with E-state index in [2.05, 4.69) is 39.8 Å². The molecule has 0 aliphatic carbocycles. The number of rotatable bonds is 13. The molecule has 0 spiro atoms. The van der Waals surface area contributed by atoms with E-state index in [0.717, 1.165) is 22.9 Å². The van der Waals surface area contributed by atoms with Crippen LogP contribution >= 0.6 is 0 Å². The average molecular weight is 494 g/mol. The van der Waals surface area contributed by atoms with Crippen molar-refractivity contribution in [1.82, 2.24) is 4.57 Å². The lowest BCUT2D eigenvalue weighted by atomic mass is 9.87. The Hall–Kier alpha value is -3.28. The number of carbonyl (C=O) groups excluding carboxylic acids is 1. The quantitative estimate of drug-likeness (QED) is 0.151. The number of unbranched alkanes of at least 4 members (excludes halogenated alkanes) is 5. The lowest BCUT2D eigenvalue weighted by Crippen LogP contribution is -2.17. The molecule has 0 atom stereocenters. The van der Waals surface area contributed by atoms with Crippen LogP contribution in [0.1, 0.15) is 77.3 Å². The van der Waals surface area contributed by atoms with E-state index in [1.807, 2.05) is 22.9 Å². The first-order chi connectivity index (χ1) is 17.2. The number of nitrogens with zero attached hydrogens (tertiary/aromatic N) is 1. The van der Waals surface area contributed by atoms with Crippen LogP contribution in [-0.2, 0) is 23.2 Å². The summed E-state index contributed by atoms with van der Waals surface area (Å²) in [4.78, 5) is 23.7. The summed E-state index contributed by atoms with van der Waals surface area (Å²) in [5, 5.41) is 9.82. The van der Waals surface area contributed by atoms with Gasteiger partial charge in [-0.05, 0) is 59.7 Å². The minimum Gasteiger partial charge on any atom is -0.486 e. The van der Waals surface area contributed by atoms with Gasteiger partial charge < -0.3 is 19.1 Å². The third kappa shape index (κ3) is 7.87. The molecule has 0 amide bonds. The van der Waals surface area contributed by atoms with Crippen molar-refractivity contribution in [2.24, 2.45) is 0 Å². The van der Waals surface area contributed by atoms with Crippen LogP contribution in [0.15, 0.2) is 48.7 Å². The number of ketones is 1. The first kappa shape index (κ1) is 27.3. The Bertz CT molecular complexity index is 1150. The van der Waals surface area contributed by atoms with E-state index in [1.54, 1.807) is 18.2 Å². The largest absolute Gasteiger partial charge is 0.511 e. The highest BCUT2D eigenvalue weighted by Gasteiger charge is 2.22. The van der Waals surface area contributed by atoms with Gasteiger partial charge in [-0.2, -0.15) is 0 Å². The van der Waals surface area contributed by atoms with Crippen molar-refractivity contribution >= 4 is 22.8 Å². The Labute approximate surface area is 214 Å². The summed E-state index contributed by atoms with van der Waals surface area (Å²) in [6.07, 6.45) is 9.38. The molecule has 3 aromatic rings. The van der Waals surface area contributed by atoms with E-state index >= 15 is 0 Å². The molecular formula is C30H39NO5. The number of aromatic nitrogens is 1. The molecule has 0 fully saturated rings. The van der Waals surface area contributed by atoms with Crippen molar-refractivity contribution in [2.75, 3.05) is 6.61 Å². The SMILES string of the molecule is CCCCCCCCc1ccc(OCC(=O)Cn2cc(C(C)(C)C)c3cc(OC(=O)O)ccc32)cc1. The number of carbonyl (C=O) groups is 2. The van der Waals surface area contributed by atoms with E-state index < -0.39 is 6.16 Å². The number of fused-ring (bicyclic) bond motifs is 1. The number of benzene rings is 2. The third-order valence-electron chi connectivity index (χ3n) is 6.35. The van der Waals surface area contributed by atoms with Gasteiger partial charge in [-0.3, -0.25) is 4.79 Å². The zero-order chi connectivity index (χ0) is 26.1. The molecule has 1 heterocycles. The van der Waals surface area contributed by atoms with Crippen LogP contribution in [0.25, 0.3) is 10.9 Å². The van der Waals surface area contributed by atoms with Gasteiger partial charge in [-0.25, -0.2) is 4.79 Å². The molecule has 6 heteroatoms. The molecule has 1 N–H and O–H groups in total. The molecule has 3 rings (SSSR count). The lowest BCUT2D eigenvalue weighted by Gasteiger charge is -2.17. The number of carboxylic acid groups (broad SMARTS) is 1. The first-order valence-corrected chi connectivity index (χ1v) is 12.9. The fourth-order valence-electron chi connectivity index (χ4n) is 4.43. The highest BCUT2D eigenvalue weighted by atomic mass is 16.7. The number of hydrogen-bond donors (Lipinski definition) is 1. The Balaban J connectivity index is 1.58. The van der Waals surface area contributed by atoms with Crippen LogP contribution in [-0.4, -0.2) is 28.2 Å². The maximum Gasteiger partial charge on any atom is 0.511 e. The molecule has 194 valence electrons. The fraction of sp³-hybridized carbons (Fsp3) is 0.467. The van der Waals surface area contributed by atoms with Gasteiger partial charge in [0.05, 0.1) is 6.54 Å². The standard InChI is InChI=1S/C30H39NO5/c1-5-6-7-8-9-10-11-22-12-14-24(15-13-22)35-21-23(32)19-31-20-27(30(2,3)4)26-18-25(36-29(33)34)16-17-28(26)31/h12-18,20H,5-11,19,21H2,1-4H3,(H,33,34). The second-order valence-corrected chi connectivity index (χ2v) is 10.5. The van der Waals surface area contributed by atoms with Crippen LogP contribution in [0.2, 0.25) is 0 Å². The summed E-state index contributed by atoms with van der Waals surface area (Å²) in [5.41, 5.74) is 2.97. The van der Waals surface area contributed by atoms with Gasteiger partial charge in [-0.1, -0.05) is 71.9 Å². The summed E-state index contributed by atoms with van der Waals surface area (Å²) < 4.78 is 12.5. The van der Waals surface area contributed by atoms with Crippen molar-refractivity contribution in [3.8, 4) is 11.5 Å². The molecule has 6 nitrogen and oxygen atoms in total. The lowest BCUT2D eigenvalue weighted by molar-refractivity contribution is -0.121. The van der Waals surface area contributed by atoms with E-state index in [4.69, 9.17) is 14.6 Å². The maximum absolute atomic E-state index is 12.8. The van der Waals surface area contributed by atoms with E-state index in [0.29, 0.717) is 5.75 Å². The third-order valence-corrected chi connectivity index (χ3v) is 6.35. The number of ether oxygens (including phenoxy) is 2. The zero-order valence-corrected chi connectivity index (χ0v) is 22.0. The Morgan fingerprint density at radius 3 is 2.25 bits per heavy atom. The van der Waals surface area contributed by atoms with Gasteiger partial charge >= 0.3 is 6.16 Å². The van der Waals surface area contributed by atoms with E-state index in [-0.39, 0.29) is 30.1 Å². The smallest absolute Gasteiger partial charge is 0.486 e. The van der Waals surface area contributed by atoms with Gasteiger partial charge in [0, 0.05) is 17.1 Å². The fourth-order valence-corrected chi connectivity index (χ4v) is 4.43. The molecule has 2 aromatic carbocycles. The van der Waals surface area contributed by atoms with Crippen LogP contribution in [0.3, 0.4) is 0 Å². The van der Waals surface area contributed by atoms with Gasteiger partial charge in [0.25, 0.3) is 0 Å². The summed E-state index contributed by atoms with van der Waals surface area (Å²) in [6, 6.07) is 13.1. The molecule has 36 heavy (non-hydrogen) atoms. The van der Waals surface area contributed by atoms with Crippen LogP contribution < -0.4 is 9.47 Å². The first-order valence-electron chi connectivity index (χ1n) is 12.9. The number of aryl methyl sites for hydroxylation is 1. The minimum atomic E-state index is -1.35. The highest BCUT2D eigenvalue weighted by Crippen LogP contribution is 2.34. The molecule has 0 radical (unpaired) electrons. The predicted octanol–water partition coefficient (Wildman–Crippen LogP) is 7.55. The molecule has 0 aliphatic rings. The van der Waals surface area contributed by atoms with E-state index in [9.17, 15) is 9.59 Å². The van der Waals surface area contributed by atoms with Gasteiger partial charge in [0.15, 0.2) is 5.78 Å². The Morgan fingerprint density at radius 2 is 1.58 bits per heavy atom. The summed E-state index contributed by atoms with van der Waals surface area (Å²) in [6.45, 7) is 8.63. The topological polar surface area (TPSA) is 77.8 Å². The summed E-state index contributed by atoms with van der Waals surface area (Å²) in [5.74, 6) is 0.903. The normalized spacial score (nSPS) is 11.6. The summed E-state index contributed by atoms with van der Waals surface area (Å²) in [7, 11) is 0. The van der Waals surface area contributed by atoms with Crippen molar-refractivity contribution in [3.63, 3.8) is 0 Å². The zero-order valence-electron chi connectivity index (χ0n) is 22.0. The van der Waals surface area contributed by atoms with Crippen molar-refractivity contribution in [3.05, 3.63) is 59.8 Å². The highest BCUT2D eigenvalue weighted by molar-refractivity contribution is 5.89. The predicted molar refractivity (Wildman–Crippen MR) is 143 cm³/mol. The second-order valence-electron chi connectivity index (χ2n) is 10.5. The average Bonchev–Trinajstić information content (AvgIpc) is 3.18. The van der Waals surface area contributed by atoms with Crippen molar-refractivity contribution in [1.29, 1.82) is 0 Å². The molecule has 0 saturated carbocycles. The Morgan fingerprint density at radius 1 is 0.917 bits per heavy atom. The van der Waals surface area contributed by atoms with Crippen molar-refractivity contribution in [2.45, 2.75) is 84.6 Å². The molecule has 0 unspecified atom stereocenters. The maximum atomic E-state index is 12.8. The second kappa shape index (κ2) is 12.6. The van der Waals surface area contributed by atoms with Gasteiger partial charge in [0.1, 0.15) is 18.1 Å². The minimum absolute atomic E-state index is 0.0124. The molecular weight excluding hydrogens is 454 g/mol. The van der Waals surface area contributed by atoms with Crippen LogP contribution in [0.5, 0.6) is 11.5 Å². The summed E-state index contributed by atoms with van der Waals surface area (Å²) >= 11 is 0. The Kier molecular flexibility index (Phi) is 9.57. The van der Waals surface area contributed by atoms with Gasteiger partial charge in [0.2, 0.25) is 0 Å². The van der Waals surface area contributed by atoms with Gasteiger partial charge in [-0.15, -0.1) is 0 Å². The molecule has 0 bridgehead atoms. The van der Waals surface area contributed by atoms with E-state index in [1.165, 1.54) is 44.1 Å². The molecule has 0 saturated heterocycles. The molecule has 0 aliphatic heterocycles.